The molecule has 1 aromatic carbocycles. The number of carbonyl (C=O) groups is 1. The molecule has 1 fully saturated rings. The number of hydrogen-bond acceptors (Lipinski definition) is 2. The quantitative estimate of drug-likeness (QED) is 0.695. The van der Waals surface area contributed by atoms with Gasteiger partial charge in [-0.25, -0.2) is 0 Å². The molecule has 0 saturated carbocycles. The molecule has 1 aliphatic rings. The fraction of sp³-hybridized carbons (Fsp3) is 0.300. The maximum Gasteiger partial charge on any atom is 0.209 e. The minimum absolute atomic E-state index is 0.424. The summed E-state index contributed by atoms with van der Waals surface area (Å²) in [4.78, 5) is 12.0. The zero-order valence-corrected chi connectivity index (χ0v) is 7.31. The van der Waals surface area contributed by atoms with Gasteiger partial charge < -0.3 is 10.2 Å². The molecule has 1 heterocycles. The summed E-state index contributed by atoms with van der Waals surface area (Å²) in [6.07, 6.45) is 0.892. The summed E-state index contributed by atoms with van der Waals surface area (Å²) >= 11 is 0. The first-order valence-electron chi connectivity index (χ1n) is 4.39. The first-order chi connectivity index (χ1) is 6.38. The van der Waals surface area contributed by atoms with E-state index < -0.39 is 0 Å². The van der Waals surface area contributed by atoms with E-state index >= 15 is 0 Å². The number of hydrogen-bond donors (Lipinski definition) is 1. The molecule has 3 heteroatoms. The second-order valence-corrected chi connectivity index (χ2v) is 3.27. The lowest BCUT2D eigenvalue weighted by Gasteiger charge is -2.37. The number of para-hydroxylation sites is 1. The van der Waals surface area contributed by atoms with Crippen molar-refractivity contribution < 1.29 is 4.79 Å². The van der Waals surface area contributed by atoms with Gasteiger partial charge in [0, 0.05) is 18.8 Å². The van der Waals surface area contributed by atoms with Gasteiger partial charge in [0.1, 0.15) is 0 Å². The highest BCUT2D eigenvalue weighted by Gasteiger charge is 2.24. The molecule has 0 radical (unpaired) electrons. The Morgan fingerprint density at radius 2 is 2.00 bits per heavy atom. The molecule has 0 bridgehead atoms. The van der Waals surface area contributed by atoms with Crippen LogP contribution in [0, 0.1) is 0 Å². The van der Waals surface area contributed by atoms with E-state index in [1.807, 2.05) is 30.3 Å². The molecule has 0 aromatic heterocycles. The molecule has 0 aliphatic carbocycles. The van der Waals surface area contributed by atoms with Gasteiger partial charge >= 0.3 is 0 Å². The summed E-state index contributed by atoms with van der Waals surface area (Å²) < 4.78 is 0. The molecule has 0 spiro atoms. The fourth-order valence-corrected chi connectivity index (χ4v) is 1.46. The SMILES string of the molecule is O=CN1CC(Nc2ccccc2)C1. The van der Waals surface area contributed by atoms with Crippen LogP contribution in [0.5, 0.6) is 0 Å². The van der Waals surface area contributed by atoms with Crippen LogP contribution in [0.15, 0.2) is 30.3 Å². The zero-order chi connectivity index (χ0) is 9.10. The molecule has 1 aliphatic heterocycles. The Morgan fingerprint density at radius 3 is 2.62 bits per heavy atom. The van der Waals surface area contributed by atoms with Crippen LogP contribution in [-0.2, 0) is 4.79 Å². The highest BCUT2D eigenvalue weighted by molar-refractivity contribution is 5.51. The number of benzene rings is 1. The van der Waals surface area contributed by atoms with E-state index in [-0.39, 0.29) is 0 Å². The van der Waals surface area contributed by atoms with Crippen molar-refractivity contribution in [2.24, 2.45) is 0 Å². The lowest BCUT2D eigenvalue weighted by Crippen LogP contribution is -2.53. The van der Waals surface area contributed by atoms with Gasteiger partial charge in [0.25, 0.3) is 0 Å². The molecule has 1 saturated heterocycles. The Hall–Kier alpha value is -1.51. The Balaban J connectivity index is 1.84. The van der Waals surface area contributed by atoms with E-state index in [1.54, 1.807) is 4.90 Å². The highest BCUT2D eigenvalue weighted by Crippen LogP contribution is 2.12. The summed E-state index contributed by atoms with van der Waals surface area (Å²) in [6.45, 7) is 1.64. The number of nitrogens with one attached hydrogen (secondary N) is 1. The largest absolute Gasteiger partial charge is 0.379 e. The summed E-state index contributed by atoms with van der Waals surface area (Å²) in [6, 6.07) is 10.5. The smallest absolute Gasteiger partial charge is 0.209 e. The first-order valence-corrected chi connectivity index (χ1v) is 4.39. The molecule has 1 aromatic rings. The molecular weight excluding hydrogens is 164 g/mol. The Labute approximate surface area is 77.4 Å². The van der Waals surface area contributed by atoms with Gasteiger partial charge in [-0.3, -0.25) is 4.79 Å². The number of carbonyl (C=O) groups excluding carboxylic acids is 1. The van der Waals surface area contributed by atoms with Gasteiger partial charge in [-0.2, -0.15) is 0 Å². The third-order valence-electron chi connectivity index (χ3n) is 2.20. The van der Waals surface area contributed by atoms with Gasteiger partial charge in [-0.15, -0.1) is 0 Å². The molecule has 3 nitrogen and oxygen atoms in total. The zero-order valence-electron chi connectivity index (χ0n) is 7.31. The van der Waals surface area contributed by atoms with Crippen LogP contribution in [0.3, 0.4) is 0 Å². The van der Waals surface area contributed by atoms with E-state index in [0.29, 0.717) is 6.04 Å². The average Bonchev–Trinajstić information content (AvgIpc) is 2.12. The third-order valence-corrected chi connectivity index (χ3v) is 2.20. The number of nitrogens with zero attached hydrogens (tertiary/aromatic N) is 1. The van der Waals surface area contributed by atoms with Crippen molar-refractivity contribution in [2.75, 3.05) is 18.4 Å². The van der Waals surface area contributed by atoms with Crippen molar-refractivity contribution >= 4 is 12.1 Å². The Morgan fingerprint density at radius 1 is 1.31 bits per heavy atom. The van der Waals surface area contributed by atoms with Gasteiger partial charge in [0.15, 0.2) is 0 Å². The molecule has 2 rings (SSSR count). The van der Waals surface area contributed by atoms with Crippen LogP contribution >= 0.6 is 0 Å². The van der Waals surface area contributed by atoms with E-state index in [0.717, 1.165) is 25.2 Å². The number of rotatable bonds is 3. The van der Waals surface area contributed by atoms with E-state index in [2.05, 4.69) is 5.32 Å². The van der Waals surface area contributed by atoms with Gasteiger partial charge in [0.05, 0.1) is 6.04 Å². The Kier molecular flexibility index (Phi) is 2.17. The molecule has 0 atom stereocenters. The standard InChI is InChI=1S/C10H12N2O/c13-8-12-6-10(7-12)11-9-4-2-1-3-5-9/h1-5,8,10-11H,6-7H2. The van der Waals surface area contributed by atoms with Gasteiger partial charge in [-0.05, 0) is 12.1 Å². The third kappa shape index (κ3) is 1.80. The molecule has 13 heavy (non-hydrogen) atoms. The fourth-order valence-electron chi connectivity index (χ4n) is 1.46. The van der Waals surface area contributed by atoms with Crippen LogP contribution in [0.1, 0.15) is 0 Å². The van der Waals surface area contributed by atoms with Gasteiger partial charge in [0.2, 0.25) is 6.41 Å². The van der Waals surface area contributed by atoms with E-state index in [4.69, 9.17) is 0 Å². The van der Waals surface area contributed by atoms with E-state index in [1.165, 1.54) is 0 Å². The summed E-state index contributed by atoms with van der Waals surface area (Å²) in [5.41, 5.74) is 1.12. The highest BCUT2D eigenvalue weighted by atomic mass is 16.1. The second-order valence-electron chi connectivity index (χ2n) is 3.27. The summed E-state index contributed by atoms with van der Waals surface area (Å²) in [5.74, 6) is 0. The topological polar surface area (TPSA) is 32.3 Å². The molecule has 0 unspecified atom stereocenters. The van der Waals surface area contributed by atoms with Crippen LogP contribution in [0.2, 0.25) is 0 Å². The average molecular weight is 176 g/mol. The maximum atomic E-state index is 10.3. The number of likely N-dealkylation sites (tertiary alicyclic amines) is 1. The van der Waals surface area contributed by atoms with Crippen molar-refractivity contribution in [3.8, 4) is 0 Å². The Bertz CT molecular complexity index is 280. The lowest BCUT2D eigenvalue weighted by molar-refractivity contribution is -0.121. The van der Waals surface area contributed by atoms with Crippen molar-refractivity contribution in [1.29, 1.82) is 0 Å². The predicted octanol–water partition coefficient (Wildman–Crippen LogP) is 0.939. The van der Waals surface area contributed by atoms with Crippen molar-refractivity contribution in [3.05, 3.63) is 30.3 Å². The second kappa shape index (κ2) is 3.47. The maximum absolute atomic E-state index is 10.3. The normalized spacial score (nSPS) is 16.5. The number of amides is 1. The summed E-state index contributed by atoms with van der Waals surface area (Å²) in [5, 5.41) is 3.34. The molecule has 68 valence electrons. The van der Waals surface area contributed by atoms with Crippen molar-refractivity contribution in [3.63, 3.8) is 0 Å². The first kappa shape index (κ1) is 8.10. The number of anilines is 1. The van der Waals surface area contributed by atoms with E-state index in [9.17, 15) is 4.79 Å². The lowest BCUT2D eigenvalue weighted by atomic mass is 10.1. The molecular formula is C10H12N2O. The van der Waals surface area contributed by atoms with Crippen LogP contribution in [0.4, 0.5) is 5.69 Å². The monoisotopic (exact) mass is 176 g/mol. The molecule has 1 amide bonds. The molecule has 1 N–H and O–H groups in total. The minimum atomic E-state index is 0.424. The predicted molar refractivity (Wildman–Crippen MR) is 51.5 cm³/mol. The van der Waals surface area contributed by atoms with Crippen molar-refractivity contribution in [1.82, 2.24) is 4.90 Å². The van der Waals surface area contributed by atoms with Crippen LogP contribution in [0.25, 0.3) is 0 Å². The minimum Gasteiger partial charge on any atom is -0.379 e. The summed E-state index contributed by atoms with van der Waals surface area (Å²) in [7, 11) is 0. The van der Waals surface area contributed by atoms with Crippen molar-refractivity contribution in [2.45, 2.75) is 6.04 Å². The van der Waals surface area contributed by atoms with Crippen LogP contribution in [-0.4, -0.2) is 30.4 Å². The van der Waals surface area contributed by atoms with Crippen LogP contribution < -0.4 is 5.32 Å². The van der Waals surface area contributed by atoms with Gasteiger partial charge in [-0.1, -0.05) is 18.2 Å².